The molecule has 3 aromatic heterocycles. The molecule has 1 aliphatic heterocycles. The largest absolute Gasteiger partial charge is 0.494 e. The number of nitrogens with zero attached hydrogens (tertiary/aromatic N) is 8. The summed E-state index contributed by atoms with van der Waals surface area (Å²) in [5.41, 5.74) is 5.75. The topological polar surface area (TPSA) is 126 Å². The van der Waals surface area contributed by atoms with Crippen LogP contribution in [0.1, 0.15) is 6.42 Å². The Labute approximate surface area is 270 Å². The first-order chi connectivity index (χ1) is 21.5. The minimum absolute atomic E-state index is 0.357. The number of hydrogen-bond donors (Lipinski definition) is 2. The third-order valence-electron chi connectivity index (χ3n) is 7.96. The maximum Gasteiger partial charge on any atom is 0.229 e. The number of fused-ring (bicyclic) bond motifs is 1. The van der Waals surface area contributed by atoms with E-state index in [0.717, 1.165) is 36.3 Å². The maximum absolute atomic E-state index is 13.4. The number of halogens is 1. The van der Waals surface area contributed by atoms with Gasteiger partial charge in [0.1, 0.15) is 24.2 Å². The highest BCUT2D eigenvalue weighted by Crippen LogP contribution is 2.43. The SMILES string of the molecule is COc1cc(N2CCC(N(C)C)C2)c(-c2cnn(C)c2)cc1Nc1ncc(Br)c(Nc2ccc3nccnc3c2P(C)(C)=O)n1. The van der Waals surface area contributed by atoms with Gasteiger partial charge in [0.05, 0.1) is 40.0 Å². The number of hydrogen-bond acceptors (Lipinski definition) is 11. The molecular weight excluding hydrogens is 655 g/mol. The van der Waals surface area contributed by atoms with Crippen molar-refractivity contribution < 1.29 is 9.30 Å². The summed E-state index contributed by atoms with van der Waals surface area (Å²) >= 11 is 3.58. The fraction of sp³-hybridized carbons (Fsp3) is 0.323. The van der Waals surface area contributed by atoms with E-state index >= 15 is 0 Å². The fourth-order valence-corrected chi connectivity index (χ4v) is 7.39. The van der Waals surface area contributed by atoms with Crippen LogP contribution in [0.3, 0.4) is 0 Å². The van der Waals surface area contributed by atoms with Crippen molar-refractivity contribution in [3.63, 3.8) is 0 Å². The van der Waals surface area contributed by atoms with E-state index in [1.54, 1.807) is 43.7 Å². The lowest BCUT2D eigenvalue weighted by Crippen LogP contribution is -2.31. The second kappa shape index (κ2) is 12.4. The zero-order chi connectivity index (χ0) is 31.9. The standard InChI is InChI=1S/C31H36BrN10O2P/c1-40(2)20-9-12-42(18-20)26-14-27(44-4)25(13-21(26)19-15-36-41(3)17-19)38-31-35-16-22(32)30(39-31)37-24-8-7-23-28(34-11-10-33-23)29(24)45(5,6)43/h7-8,10-11,13-17,20H,9,12,18H2,1-6H3,(H2,35,37,38,39). The molecule has 1 aliphatic rings. The van der Waals surface area contributed by atoms with Crippen LogP contribution in [0.2, 0.25) is 0 Å². The van der Waals surface area contributed by atoms with Gasteiger partial charge in [0.2, 0.25) is 5.95 Å². The monoisotopic (exact) mass is 690 g/mol. The van der Waals surface area contributed by atoms with Crippen LogP contribution in [0.5, 0.6) is 5.75 Å². The highest BCUT2D eigenvalue weighted by Gasteiger charge is 2.28. The second-order valence-electron chi connectivity index (χ2n) is 11.7. The molecule has 2 N–H and O–H groups in total. The number of methoxy groups -OCH3 is 1. The number of ether oxygens (including phenoxy) is 1. The molecule has 2 aromatic carbocycles. The number of rotatable bonds is 9. The Bertz CT molecular complexity index is 1920. The molecule has 0 amide bonds. The Kier molecular flexibility index (Phi) is 8.51. The quantitative estimate of drug-likeness (QED) is 0.191. The summed E-state index contributed by atoms with van der Waals surface area (Å²) in [4.78, 5) is 22.9. The molecule has 1 fully saturated rings. The highest BCUT2D eigenvalue weighted by atomic mass is 79.9. The summed E-state index contributed by atoms with van der Waals surface area (Å²) in [6, 6.07) is 8.32. The Morgan fingerprint density at radius 2 is 1.87 bits per heavy atom. The third-order valence-corrected chi connectivity index (χ3v) is 10.1. The predicted molar refractivity (Wildman–Crippen MR) is 184 cm³/mol. The summed E-state index contributed by atoms with van der Waals surface area (Å²) in [6.45, 7) is 5.32. The first-order valence-electron chi connectivity index (χ1n) is 14.5. The number of anilines is 5. The zero-order valence-electron chi connectivity index (χ0n) is 26.1. The van der Waals surface area contributed by atoms with Crippen LogP contribution in [0, 0.1) is 0 Å². The maximum atomic E-state index is 13.4. The normalized spacial score (nSPS) is 15.2. The molecule has 6 rings (SSSR count). The van der Waals surface area contributed by atoms with Crippen LogP contribution < -0.4 is 25.6 Å². The van der Waals surface area contributed by atoms with Crippen LogP contribution in [0.15, 0.2) is 59.7 Å². The van der Waals surface area contributed by atoms with E-state index in [-0.39, 0.29) is 0 Å². The van der Waals surface area contributed by atoms with Crippen molar-refractivity contribution >= 4 is 68.2 Å². The van der Waals surface area contributed by atoms with Gasteiger partial charge in [-0.2, -0.15) is 10.1 Å². The smallest absolute Gasteiger partial charge is 0.229 e. The summed E-state index contributed by atoms with van der Waals surface area (Å²) in [5.74, 6) is 1.52. The Morgan fingerprint density at radius 3 is 2.56 bits per heavy atom. The number of aromatic nitrogens is 6. The van der Waals surface area contributed by atoms with Gasteiger partial charge in [-0.05, 0) is 68.0 Å². The van der Waals surface area contributed by atoms with Gasteiger partial charge < -0.3 is 29.7 Å². The minimum Gasteiger partial charge on any atom is -0.494 e. The van der Waals surface area contributed by atoms with Gasteiger partial charge in [0.15, 0.2) is 0 Å². The van der Waals surface area contributed by atoms with Crippen LogP contribution in [0.25, 0.3) is 22.2 Å². The molecule has 1 saturated heterocycles. The molecule has 4 heterocycles. The molecule has 0 aliphatic carbocycles. The van der Waals surface area contributed by atoms with E-state index in [2.05, 4.69) is 82.6 Å². The van der Waals surface area contributed by atoms with Crippen molar-refractivity contribution in [2.75, 3.05) is 63.2 Å². The van der Waals surface area contributed by atoms with Gasteiger partial charge in [0, 0.05) is 73.8 Å². The number of benzene rings is 2. The fourth-order valence-electron chi connectivity index (χ4n) is 5.70. The molecule has 0 radical (unpaired) electrons. The van der Waals surface area contributed by atoms with E-state index in [1.165, 1.54) is 0 Å². The molecule has 12 nitrogen and oxygen atoms in total. The lowest BCUT2D eigenvalue weighted by atomic mass is 10.0. The first-order valence-corrected chi connectivity index (χ1v) is 17.9. The molecule has 45 heavy (non-hydrogen) atoms. The van der Waals surface area contributed by atoms with Gasteiger partial charge >= 0.3 is 0 Å². The van der Waals surface area contributed by atoms with Crippen LogP contribution in [-0.4, -0.2) is 88.3 Å². The lowest BCUT2D eigenvalue weighted by molar-refractivity contribution is 0.315. The molecule has 1 unspecified atom stereocenters. The number of nitrogens with one attached hydrogen (secondary N) is 2. The Morgan fingerprint density at radius 1 is 1.07 bits per heavy atom. The summed E-state index contributed by atoms with van der Waals surface area (Å²) < 4.78 is 21.8. The van der Waals surface area contributed by atoms with Gasteiger partial charge in [-0.25, -0.2) is 4.98 Å². The predicted octanol–water partition coefficient (Wildman–Crippen LogP) is 5.47. The molecule has 0 saturated carbocycles. The van der Waals surface area contributed by atoms with E-state index in [4.69, 9.17) is 9.72 Å². The third kappa shape index (κ3) is 6.38. The molecule has 0 spiro atoms. The van der Waals surface area contributed by atoms with Crippen molar-refractivity contribution in [3.05, 3.63) is 59.7 Å². The van der Waals surface area contributed by atoms with Gasteiger partial charge in [-0.1, -0.05) is 0 Å². The van der Waals surface area contributed by atoms with Gasteiger partial charge in [-0.3, -0.25) is 14.6 Å². The van der Waals surface area contributed by atoms with E-state index in [1.807, 2.05) is 31.6 Å². The van der Waals surface area contributed by atoms with Crippen molar-refractivity contribution in [1.82, 2.24) is 34.6 Å². The molecular formula is C31H36BrN10O2P. The van der Waals surface area contributed by atoms with E-state index in [9.17, 15) is 4.57 Å². The average molecular weight is 692 g/mol. The number of likely N-dealkylation sites (N-methyl/N-ethyl adjacent to an activating group) is 1. The summed E-state index contributed by atoms with van der Waals surface area (Å²) in [5, 5.41) is 11.8. The first kappa shape index (κ1) is 30.9. The van der Waals surface area contributed by atoms with E-state index < -0.39 is 7.14 Å². The Balaban J connectivity index is 1.37. The van der Waals surface area contributed by atoms with E-state index in [0.29, 0.717) is 55.7 Å². The van der Waals surface area contributed by atoms with Gasteiger partial charge in [-0.15, -0.1) is 0 Å². The molecule has 1 atom stereocenters. The summed E-state index contributed by atoms with van der Waals surface area (Å²) in [6.07, 6.45) is 9.87. The highest BCUT2D eigenvalue weighted by molar-refractivity contribution is 9.10. The van der Waals surface area contributed by atoms with Crippen molar-refractivity contribution in [2.24, 2.45) is 7.05 Å². The van der Waals surface area contributed by atoms with Crippen LogP contribution in [-0.2, 0) is 11.6 Å². The van der Waals surface area contributed by atoms with Crippen molar-refractivity contribution in [3.8, 4) is 16.9 Å². The Hall–Kier alpha value is -4.06. The van der Waals surface area contributed by atoms with Crippen molar-refractivity contribution in [2.45, 2.75) is 12.5 Å². The molecule has 5 aromatic rings. The van der Waals surface area contributed by atoms with Crippen molar-refractivity contribution in [1.29, 1.82) is 0 Å². The zero-order valence-corrected chi connectivity index (χ0v) is 28.6. The second-order valence-corrected chi connectivity index (χ2v) is 15.7. The number of aryl methyl sites for hydroxylation is 1. The molecule has 0 bridgehead atoms. The molecule has 234 valence electrons. The minimum atomic E-state index is -2.76. The van der Waals surface area contributed by atoms with Crippen LogP contribution in [0.4, 0.5) is 28.8 Å². The lowest BCUT2D eigenvalue weighted by Gasteiger charge is -2.25. The summed E-state index contributed by atoms with van der Waals surface area (Å²) in [7, 11) is 5.07. The van der Waals surface area contributed by atoms with Gasteiger partial charge in [0.25, 0.3) is 0 Å². The average Bonchev–Trinajstić information content (AvgIpc) is 3.68. The van der Waals surface area contributed by atoms with Crippen LogP contribution >= 0.6 is 23.1 Å². The molecule has 14 heteroatoms.